The predicted molar refractivity (Wildman–Crippen MR) is 61.1 cm³/mol. The van der Waals surface area contributed by atoms with Crippen LogP contribution in [-0.4, -0.2) is 22.2 Å². The van der Waals surface area contributed by atoms with Gasteiger partial charge < -0.3 is 10.2 Å². The molecule has 0 spiro atoms. The largest absolute Gasteiger partial charge is 0.480 e. The van der Waals surface area contributed by atoms with Gasteiger partial charge in [-0.15, -0.1) is 0 Å². The van der Waals surface area contributed by atoms with E-state index in [2.05, 4.69) is 0 Å². The first-order valence-electron chi connectivity index (χ1n) is 5.20. The highest BCUT2D eigenvalue weighted by molar-refractivity contribution is 6.30. The van der Waals surface area contributed by atoms with Crippen LogP contribution in [0.25, 0.3) is 0 Å². The Morgan fingerprint density at radius 1 is 1.29 bits per heavy atom. The zero-order chi connectivity index (χ0) is 12.6. The minimum atomic E-state index is -1.69. The van der Waals surface area contributed by atoms with Gasteiger partial charge in [-0.3, -0.25) is 9.59 Å². The third kappa shape index (κ3) is 1.69. The van der Waals surface area contributed by atoms with E-state index in [9.17, 15) is 9.59 Å². The first-order chi connectivity index (χ1) is 7.98. The van der Waals surface area contributed by atoms with Gasteiger partial charge in [0.15, 0.2) is 5.41 Å². The fourth-order valence-electron chi connectivity index (χ4n) is 2.36. The molecular formula is C12H11ClO4. The number of benzene rings is 1. The maximum absolute atomic E-state index is 11.2. The molecule has 2 rings (SSSR count). The second kappa shape index (κ2) is 4.04. The molecule has 1 atom stereocenters. The summed E-state index contributed by atoms with van der Waals surface area (Å²) in [5.74, 6) is -3.06. The maximum Gasteiger partial charge on any atom is 0.321 e. The van der Waals surface area contributed by atoms with Crippen molar-refractivity contribution in [1.29, 1.82) is 0 Å². The molecule has 0 saturated heterocycles. The zero-order valence-electron chi connectivity index (χ0n) is 8.89. The van der Waals surface area contributed by atoms with Crippen LogP contribution in [0.5, 0.6) is 0 Å². The van der Waals surface area contributed by atoms with E-state index >= 15 is 0 Å². The Balaban J connectivity index is 2.41. The molecule has 2 N–H and O–H groups in total. The fraction of sp³-hybridized carbons (Fsp3) is 0.333. The van der Waals surface area contributed by atoms with Gasteiger partial charge in [0.1, 0.15) is 0 Å². The van der Waals surface area contributed by atoms with Crippen molar-refractivity contribution in [3.05, 3.63) is 34.9 Å². The molecule has 90 valence electrons. The lowest BCUT2D eigenvalue weighted by molar-refractivity contribution is -0.174. The zero-order valence-corrected chi connectivity index (χ0v) is 9.65. The molecule has 17 heavy (non-hydrogen) atoms. The SMILES string of the molecule is O=C(O)C1(C(=O)O)CCC1c1cccc(Cl)c1. The molecular weight excluding hydrogens is 244 g/mol. The molecule has 1 aromatic carbocycles. The average Bonchev–Trinajstić information content (AvgIpc) is 2.14. The van der Waals surface area contributed by atoms with E-state index in [1.54, 1.807) is 24.3 Å². The summed E-state index contributed by atoms with van der Waals surface area (Å²) < 4.78 is 0. The summed E-state index contributed by atoms with van der Waals surface area (Å²) in [6, 6.07) is 6.72. The fourth-order valence-corrected chi connectivity index (χ4v) is 2.55. The Morgan fingerprint density at radius 2 is 1.94 bits per heavy atom. The third-order valence-electron chi connectivity index (χ3n) is 3.44. The van der Waals surface area contributed by atoms with Crippen LogP contribution in [0.2, 0.25) is 5.02 Å². The van der Waals surface area contributed by atoms with E-state index in [0.717, 1.165) is 0 Å². The average molecular weight is 255 g/mol. The molecule has 1 aliphatic rings. The number of carbonyl (C=O) groups is 2. The summed E-state index contributed by atoms with van der Waals surface area (Å²) in [5, 5.41) is 18.8. The molecule has 0 aliphatic heterocycles. The molecule has 1 aliphatic carbocycles. The van der Waals surface area contributed by atoms with Crippen LogP contribution in [0.3, 0.4) is 0 Å². The summed E-state index contributed by atoms with van der Waals surface area (Å²) in [7, 11) is 0. The van der Waals surface area contributed by atoms with Crippen molar-refractivity contribution < 1.29 is 19.8 Å². The quantitative estimate of drug-likeness (QED) is 0.812. The predicted octanol–water partition coefficient (Wildman–Crippen LogP) is 2.37. The molecule has 1 fully saturated rings. The van der Waals surface area contributed by atoms with Crippen LogP contribution in [0.4, 0.5) is 0 Å². The Kier molecular flexibility index (Phi) is 2.83. The molecule has 1 unspecified atom stereocenters. The highest BCUT2D eigenvalue weighted by Crippen LogP contribution is 2.53. The van der Waals surface area contributed by atoms with Gasteiger partial charge in [-0.2, -0.15) is 0 Å². The Labute approximate surface area is 103 Å². The van der Waals surface area contributed by atoms with Gasteiger partial charge in [-0.1, -0.05) is 23.7 Å². The molecule has 4 nitrogen and oxygen atoms in total. The van der Waals surface area contributed by atoms with E-state index in [4.69, 9.17) is 21.8 Å². The van der Waals surface area contributed by atoms with Crippen LogP contribution < -0.4 is 0 Å². The van der Waals surface area contributed by atoms with E-state index in [1.807, 2.05) is 0 Å². The van der Waals surface area contributed by atoms with Crippen LogP contribution in [0.15, 0.2) is 24.3 Å². The summed E-state index contributed by atoms with van der Waals surface area (Å²) in [5.41, 5.74) is -1.02. The summed E-state index contributed by atoms with van der Waals surface area (Å²) in [6.45, 7) is 0. The van der Waals surface area contributed by atoms with E-state index in [0.29, 0.717) is 17.0 Å². The molecule has 0 bridgehead atoms. The van der Waals surface area contributed by atoms with Crippen LogP contribution in [0.1, 0.15) is 24.3 Å². The number of aliphatic carboxylic acids is 2. The van der Waals surface area contributed by atoms with Crippen molar-refractivity contribution in [2.75, 3.05) is 0 Å². The molecule has 0 aromatic heterocycles. The number of carboxylic acid groups (broad SMARTS) is 2. The Hall–Kier alpha value is -1.55. The monoisotopic (exact) mass is 254 g/mol. The van der Waals surface area contributed by atoms with Gasteiger partial charge in [0.2, 0.25) is 0 Å². The molecule has 0 heterocycles. The smallest absolute Gasteiger partial charge is 0.321 e. The van der Waals surface area contributed by atoms with Crippen molar-refractivity contribution in [1.82, 2.24) is 0 Å². The number of carboxylic acids is 2. The number of rotatable bonds is 3. The lowest BCUT2D eigenvalue weighted by Gasteiger charge is -2.42. The van der Waals surface area contributed by atoms with Gasteiger partial charge in [-0.25, -0.2) is 0 Å². The second-order valence-electron chi connectivity index (χ2n) is 4.23. The van der Waals surface area contributed by atoms with Crippen molar-refractivity contribution in [3.8, 4) is 0 Å². The first kappa shape index (κ1) is 11.9. The highest BCUT2D eigenvalue weighted by atomic mass is 35.5. The Morgan fingerprint density at radius 3 is 2.35 bits per heavy atom. The number of hydrogen-bond acceptors (Lipinski definition) is 2. The highest BCUT2D eigenvalue weighted by Gasteiger charge is 2.59. The number of halogens is 1. The molecule has 0 amide bonds. The molecule has 5 heteroatoms. The lowest BCUT2D eigenvalue weighted by Crippen LogP contribution is -2.51. The lowest BCUT2D eigenvalue weighted by atomic mass is 9.57. The molecule has 1 saturated carbocycles. The Bertz CT molecular complexity index is 469. The normalized spacial score (nSPS) is 21.6. The third-order valence-corrected chi connectivity index (χ3v) is 3.67. The minimum Gasteiger partial charge on any atom is -0.480 e. The van der Waals surface area contributed by atoms with Gasteiger partial charge in [0, 0.05) is 10.9 Å². The summed E-state index contributed by atoms with van der Waals surface area (Å²) in [6.07, 6.45) is 0.716. The van der Waals surface area contributed by atoms with Crippen molar-refractivity contribution in [2.24, 2.45) is 5.41 Å². The van der Waals surface area contributed by atoms with Gasteiger partial charge in [0.25, 0.3) is 0 Å². The van der Waals surface area contributed by atoms with E-state index in [-0.39, 0.29) is 6.42 Å². The summed E-state index contributed by atoms with van der Waals surface area (Å²) in [4.78, 5) is 22.4. The van der Waals surface area contributed by atoms with Crippen LogP contribution in [0, 0.1) is 5.41 Å². The second-order valence-corrected chi connectivity index (χ2v) is 4.66. The van der Waals surface area contributed by atoms with Crippen LogP contribution in [-0.2, 0) is 9.59 Å². The standard InChI is InChI=1S/C12H11ClO4/c13-8-3-1-2-7(6-8)9-4-5-12(9,10(14)15)11(16)17/h1-3,6,9H,4-5H2,(H,14,15)(H,16,17). The summed E-state index contributed by atoms with van der Waals surface area (Å²) >= 11 is 5.83. The van der Waals surface area contributed by atoms with E-state index in [1.165, 1.54) is 0 Å². The van der Waals surface area contributed by atoms with Gasteiger partial charge in [0.05, 0.1) is 0 Å². The topological polar surface area (TPSA) is 74.6 Å². The van der Waals surface area contributed by atoms with Gasteiger partial charge >= 0.3 is 11.9 Å². The van der Waals surface area contributed by atoms with E-state index < -0.39 is 23.3 Å². The number of hydrogen-bond donors (Lipinski definition) is 2. The maximum atomic E-state index is 11.2. The van der Waals surface area contributed by atoms with Crippen molar-refractivity contribution >= 4 is 23.5 Å². The van der Waals surface area contributed by atoms with Crippen molar-refractivity contribution in [2.45, 2.75) is 18.8 Å². The van der Waals surface area contributed by atoms with Crippen molar-refractivity contribution in [3.63, 3.8) is 0 Å². The van der Waals surface area contributed by atoms with Gasteiger partial charge in [-0.05, 0) is 30.5 Å². The van der Waals surface area contributed by atoms with Crippen LogP contribution >= 0.6 is 11.6 Å². The molecule has 0 radical (unpaired) electrons. The minimum absolute atomic E-state index is 0.162. The molecule has 1 aromatic rings. The first-order valence-corrected chi connectivity index (χ1v) is 5.58.